The van der Waals surface area contributed by atoms with Gasteiger partial charge in [-0.15, -0.1) is 0 Å². The molecule has 0 fully saturated rings. The molecule has 6 nitrogen and oxygen atoms in total. The van der Waals surface area contributed by atoms with Crippen molar-refractivity contribution in [3.63, 3.8) is 0 Å². The summed E-state index contributed by atoms with van der Waals surface area (Å²) in [5, 5.41) is 16.9. The van der Waals surface area contributed by atoms with Crippen LogP contribution in [0.1, 0.15) is 22.8 Å². The number of carbonyl (C=O) groups is 1. The Balaban J connectivity index is 1.69. The van der Waals surface area contributed by atoms with E-state index in [0.717, 1.165) is 16.1 Å². The van der Waals surface area contributed by atoms with E-state index in [4.69, 9.17) is 4.74 Å². The highest BCUT2D eigenvalue weighted by Crippen LogP contribution is 2.44. The van der Waals surface area contributed by atoms with E-state index >= 15 is 0 Å². The zero-order valence-electron chi connectivity index (χ0n) is 14.0. The summed E-state index contributed by atoms with van der Waals surface area (Å²) in [6, 6.07) is 15.0. The molecule has 1 aliphatic heterocycles. The lowest BCUT2D eigenvalue weighted by Gasteiger charge is -2.22. The molecule has 0 bridgehead atoms. The Morgan fingerprint density at radius 1 is 1.27 bits per heavy atom. The number of fused-ring (bicyclic) bond motifs is 1. The van der Waals surface area contributed by atoms with Gasteiger partial charge in [-0.2, -0.15) is 0 Å². The number of methoxy groups -OCH3 is 1. The van der Waals surface area contributed by atoms with Crippen molar-refractivity contribution >= 4 is 33.9 Å². The molecule has 132 valence electrons. The molecule has 0 saturated heterocycles. The summed E-state index contributed by atoms with van der Waals surface area (Å²) in [6.45, 7) is 0. The molecule has 1 aliphatic rings. The maximum atomic E-state index is 12.1. The number of ether oxygens (including phenoxy) is 1. The van der Waals surface area contributed by atoms with Crippen molar-refractivity contribution in [3.05, 3.63) is 59.0 Å². The van der Waals surface area contributed by atoms with E-state index in [-0.39, 0.29) is 17.6 Å². The Hall–Kier alpha value is -3.06. The molecular formula is C19H17N3O3S. The quantitative estimate of drug-likeness (QED) is 0.647. The molecule has 2 aromatic carbocycles. The summed E-state index contributed by atoms with van der Waals surface area (Å²) in [4.78, 5) is 17.6. The van der Waals surface area contributed by atoms with E-state index in [1.54, 1.807) is 12.1 Å². The van der Waals surface area contributed by atoms with Crippen molar-refractivity contribution in [2.24, 2.45) is 0 Å². The molecule has 1 atom stereocenters. The average Bonchev–Trinajstić information content (AvgIpc) is 3.03. The minimum absolute atomic E-state index is 0.0599. The van der Waals surface area contributed by atoms with Crippen LogP contribution >= 0.6 is 11.3 Å². The molecule has 2 heterocycles. The number of anilines is 3. The van der Waals surface area contributed by atoms with Crippen molar-refractivity contribution in [2.45, 2.75) is 12.3 Å². The first-order chi connectivity index (χ1) is 12.6. The maximum Gasteiger partial charge on any atom is 0.226 e. The van der Waals surface area contributed by atoms with Gasteiger partial charge in [0.25, 0.3) is 0 Å². The van der Waals surface area contributed by atoms with Crippen molar-refractivity contribution < 1.29 is 14.6 Å². The molecular weight excluding hydrogens is 350 g/mol. The number of aromatic hydroxyl groups is 1. The molecule has 0 saturated carbocycles. The summed E-state index contributed by atoms with van der Waals surface area (Å²) >= 11 is 1.50. The predicted molar refractivity (Wildman–Crippen MR) is 102 cm³/mol. The first-order valence-corrected chi connectivity index (χ1v) is 8.95. The second-order valence-electron chi connectivity index (χ2n) is 5.96. The SMILES string of the molecule is COc1ccc(C2CC(=O)Nc3nc(Nc4ccccc4)sc32)cc1O. The minimum Gasteiger partial charge on any atom is -0.504 e. The summed E-state index contributed by atoms with van der Waals surface area (Å²) in [5.41, 5.74) is 1.79. The first kappa shape index (κ1) is 16.4. The number of nitrogens with zero attached hydrogens (tertiary/aromatic N) is 1. The molecule has 4 rings (SSSR count). The number of rotatable bonds is 4. The van der Waals surface area contributed by atoms with Crippen molar-refractivity contribution in [1.29, 1.82) is 0 Å². The zero-order chi connectivity index (χ0) is 18.1. The van der Waals surface area contributed by atoms with E-state index < -0.39 is 0 Å². The standard InChI is InChI=1S/C19H17N3O3S/c1-25-15-8-7-11(9-14(15)23)13-10-16(24)21-18-17(13)26-19(22-18)20-12-5-3-2-4-6-12/h2-9,13,23H,10H2,1H3,(H,20,22)(H,21,24). The lowest BCUT2D eigenvalue weighted by molar-refractivity contribution is -0.116. The predicted octanol–water partition coefficient (Wildman–Crippen LogP) is 4.08. The number of aromatic nitrogens is 1. The second-order valence-corrected chi connectivity index (χ2v) is 6.99. The van der Waals surface area contributed by atoms with Crippen LogP contribution in [-0.4, -0.2) is 23.1 Å². The van der Waals surface area contributed by atoms with Gasteiger partial charge in [0, 0.05) is 18.0 Å². The first-order valence-electron chi connectivity index (χ1n) is 8.13. The highest BCUT2D eigenvalue weighted by Gasteiger charge is 2.30. The third-order valence-corrected chi connectivity index (χ3v) is 5.33. The van der Waals surface area contributed by atoms with Crippen LogP contribution in [0.5, 0.6) is 11.5 Å². The Morgan fingerprint density at radius 2 is 2.08 bits per heavy atom. The maximum absolute atomic E-state index is 12.1. The summed E-state index contributed by atoms with van der Waals surface area (Å²) in [5.74, 6) is 0.799. The van der Waals surface area contributed by atoms with E-state index in [1.165, 1.54) is 18.4 Å². The molecule has 3 aromatic rings. The van der Waals surface area contributed by atoms with Crippen LogP contribution < -0.4 is 15.4 Å². The number of benzene rings is 2. The van der Waals surface area contributed by atoms with E-state index in [1.807, 2.05) is 36.4 Å². The molecule has 1 amide bonds. The number of nitrogens with one attached hydrogen (secondary N) is 2. The van der Waals surface area contributed by atoms with Gasteiger partial charge in [0.2, 0.25) is 5.91 Å². The summed E-state index contributed by atoms with van der Waals surface area (Å²) in [6.07, 6.45) is 0.311. The van der Waals surface area contributed by atoms with Crippen molar-refractivity contribution in [1.82, 2.24) is 4.98 Å². The number of hydrogen-bond acceptors (Lipinski definition) is 6. The van der Waals surface area contributed by atoms with Crippen LogP contribution in [0.25, 0.3) is 0 Å². The Kier molecular flexibility index (Phi) is 4.22. The normalized spacial score (nSPS) is 15.9. The van der Waals surface area contributed by atoms with Gasteiger partial charge in [-0.3, -0.25) is 4.79 Å². The fourth-order valence-corrected chi connectivity index (χ4v) is 4.08. The van der Waals surface area contributed by atoms with Crippen LogP contribution in [0.4, 0.5) is 16.6 Å². The van der Waals surface area contributed by atoms with Gasteiger partial charge < -0.3 is 20.5 Å². The number of hydrogen-bond donors (Lipinski definition) is 3. The number of phenolic OH excluding ortho intramolecular Hbond substituents is 1. The minimum atomic E-state index is -0.153. The van der Waals surface area contributed by atoms with Gasteiger partial charge in [-0.25, -0.2) is 4.98 Å². The molecule has 7 heteroatoms. The van der Waals surface area contributed by atoms with E-state index in [0.29, 0.717) is 23.1 Å². The molecule has 1 unspecified atom stereocenters. The third kappa shape index (κ3) is 3.09. The lowest BCUT2D eigenvalue weighted by atomic mass is 9.91. The molecule has 0 radical (unpaired) electrons. The molecule has 3 N–H and O–H groups in total. The average molecular weight is 367 g/mol. The van der Waals surface area contributed by atoms with Crippen LogP contribution in [0.2, 0.25) is 0 Å². The molecule has 0 aliphatic carbocycles. The number of phenols is 1. The number of carbonyl (C=O) groups excluding carboxylic acids is 1. The van der Waals surface area contributed by atoms with Gasteiger partial charge in [0.05, 0.1) is 12.0 Å². The lowest BCUT2D eigenvalue weighted by Crippen LogP contribution is -2.22. The van der Waals surface area contributed by atoms with Crippen LogP contribution in [-0.2, 0) is 4.79 Å². The number of thiazole rings is 1. The van der Waals surface area contributed by atoms with Crippen LogP contribution in [0.15, 0.2) is 48.5 Å². The van der Waals surface area contributed by atoms with Gasteiger partial charge in [0.15, 0.2) is 16.6 Å². The second kappa shape index (κ2) is 6.68. The molecule has 26 heavy (non-hydrogen) atoms. The zero-order valence-corrected chi connectivity index (χ0v) is 14.8. The number of para-hydroxylation sites is 1. The number of amides is 1. The molecule has 1 aromatic heterocycles. The van der Waals surface area contributed by atoms with Gasteiger partial charge >= 0.3 is 0 Å². The summed E-state index contributed by atoms with van der Waals surface area (Å²) < 4.78 is 5.10. The highest BCUT2D eigenvalue weighted by molar-refractivity contribution is 7.16. The van der Waals surface area contributed by atoms with Crippen LogP contribution in [0.3, 0.4) is 0 Å². The smallest absolute Gasteiger partial charge is 0.226 e. The highest BCUT2D eigenvalue weighted by atomic mass is 32.1. The van der Waals surface area contributed by atoms with Crippen molar-refractivity contribution in [3.8, 4) is 11.5 Å². The topological polar surface area (TPSA) is 83.5 Å². The molecule has 0 spiro atoms. The largest absolute Gasteiger partial charge is 0.504 e. The Bertz CT molecular complexity index is 956. The van der Waals surface area contributed by atoms with E-state index in [2.05, 4.69) is 15.6 Å². The van der Waals surface area contributed by atoms with Gasteiger partial charge in [-0.05, 0) is 29.8 Å². The fourth-order valence-electron chi connectivity index (χ4n) is 3.01. The third-order valence-electron chi connectivity index (χ3n) is 4.25. The Morgan fingerprint density at radius 3 is 2.81 bits per heavy atom. The summed E-state index contributed by atoms with van der Waals surface area (Å²) in [7, 11) is 1.51. The Labute approximate surface area is 154 Å². The van der Waals surface area contributed by atoms with Gasteiger partial charge in [0.1, 0.15) is 5.82 Å². The van der Waals surface area contributed by atoms with Crippen molar-refractivity contribution in [2.75, 3.05) is 17.7 Å². The monoisotopic (exact) mass is 367 g/mol. The van der Waals surface area contributed by atoms with Crippen LogP contribution in [0, 0.1) is 0 Å². The fraction of sp³-hybridized carbons (Fsp3) is 0.158. The van der Waals surface area contributed by atoms with Gasteiger partial charge in [-0.1, -0.05) is 35.6 Å². The van der Waals surface area contributed by atoms with E-state index in [9.17, 15) is 9.90 Å².